The second-order valence-electron chi connectivity index (χ2n) is 3.38. The molecule has 1 atom stereocenters. The van der Waals surface area contributed by atoms with Crippen molar-refractivity contribution in [3.05, 3.63) is 24.3 Å². The lowest BCUT2D eigenvalue weighted by Crippen LogP contribution is -2.37. The highest BCUT2D eigenvalue weighted by Crippen LogP contribution is 2.39. The number of benzene rings is 1. The van der Waals surface area contributed by atoms with Crippen LogP contribution < -0.4 is 4.90 Å². The maximum absolute atomic E-state index is 11.8. The monoisotopic (exact) mass is 207 g/mol. The van der Waals surface area contributed by atoms with Crippen molar-refractivity contribution < 1.29 is 4.79 Å². The maximum Gasteiger partial charge on any atom is 0.240 e. The molecule has 0 radical (unpaired) electrons. The van der Waals surface area contributed by atoms with Crippen LogP contribution in [0.3, 0.4) is 0 Å². The number of rotatable bonds is 1. The van der Waals surface area contributed by atoms with E-state index in [0.717, 1.165) is 12.1 Å². The molecule has 1 aromatic carbocycles. The van der Waals surface area contributed by atoms with Gasteiger partial charge in [0.25, 0.3) is 0 Å². The summed E-state index contributed by atoms with van der Waals surface area (Å²) in [6.07, 6.45) is 0.891. The predicted octanol–water partition coefficient (Wildman–Crippen LogP) is 2.53. The molecular formula is C11H13NOS. The Hall–Kier alpha value is -0.960. The smallest absolute Gasteiger partial charge is 0.240 e. The van der Waals surface area contributed by atoms with Crippen LogP contribution in [0, 0.1) is 0 Å². The Labute approximate surface area is 88.3 Å². The van der Waals surface area contributed by atoms with Crippen molar-refractivity contribution in [1.29, 1.82) is 0 Å². The van der Waals surface area contributed by atoms with Crippen molar-refractivity contribution in [3.63, 3.8) is 0 Å². The topological polar surface area (TPSA) is 20.3 Å². The Kier molecular flexibility index (Phi) is 2.50. The summed E-state index contributed by atoms with van der Waals surface area (Å²) in [6.45, 7) is 2.05. The van der Waals surface area contributed by atoms with E-state index >= 15 is 0 Å². The van der Waals surface area contributed by atoms with Gasteiger partial charge in [0.1, 0.15) is 0 Å². The van der Waals surface area contributed by atoms with Gasteiger partial charge in [-0.1, -0.05) is 19.1 Å². The van der Waals surface area contributed by atoms with E-state index in [1.54, 1.807) is 16.7 Å². The second-order valence-corrected chi connectivity index (χ2v) is 4.62. The first-order valence-corrected chi connectivity index (χ1v) is 5.65. The molecule has 1 aromatic rings. The molecular weight excluding hydrogens is 194 g/mol. The minimum atomic E-state index is 0.0925. The molecule has 1 aliphatic heterocycles. The van der Waals surface area contributed by atoms with E-state index in [-0.39, 0.29) is 11.2 Å². The first kappa shape index (κ1) is 9.59. The third-order valence-corrected chi connectivity index (χ3v) is 3.89. The Balaban J connectivity index is 2.42. The molecule has 0 spiro atoms. The zero-order valence-electron chi connectivity index (χ0n) is 8.36. The SMILES string of the molecule is CCC1Sc2ccccc2N(C)C1=O. The van der Waals surface area contributed by atoms with Crippen molar-refractivity contribution in [1.82, 2.24) is 0 Å². The first-order chi connectivity index (χ1) is 6.74. The van der Waals surface area contributed by atoms with E-state index in [1.807, 2.05) is 25.2 Å². The van der Waals surface area contributed by atoms with E-state index in [1.165, 1.54) is 4.90 Å². The average Bonchev–Trinajstić information content (AvgIpc) is 2.23. The molecule has 0 saturated carbocycles. The van der Waals surface area contributed by atoms with Crippen molar-refractivity contribution in [2.75, 3.05) is 11.9 Å². The number of carbonyl (C=O) groups excluding carboxylic acids is 1. The fourth-order valence-electron chi connectivity index (χ4n) is 1.63. The molecule has 0 N–H and O–H groups in total. The summed E-state index contributed by atoms with van der Waals surface area (Å²) in [5.41, 5.74) is 1.03. The van der Waals surface area contributed by atoms with Crippen LogP contribution >= 0.6 is 11.8 Å². The summed E-state index contributed by atoms with van der Waals surface area (Å²) in [4.78, 5) is 14.8. The van der Waals surface area contributed by atoms with E-state index < -0.39 is 0 Å². The zero-order valence-corrected chi connectivity index (χ0v) is 9.17. The standard InChI is InChI=1S/C11H13NOS/c1-3-9-11(13)12(2)8-6-4-5-7-10(8)14-9/h4-7,9H,3H2,1-2H3. The van der Waals surface area contributed by atoms with Gasteiger partial charge in [-0.15, -0.1) is 11.8 Å². The van der Waals surface area contributed by atoms with Crippen LogP contribution in [0.2, 0.25) is 0 Å². The van der Waals surface area contributed by atoms with Gasteiger partial charge in [-0.3, -0.25) is 4.79 Å². The van der Waals surface area contributed by atoms with Gasteiger partial charge < -0.3 is 4.90 Å². The van der Waals surface area contributed by atoms with Crippen molar-refractivity contribution in [3.8, 4) is 0 Å². The minimum Gasteiger partial charge on any atom is -0.313 e. The van der Waals surface area contributed by atoms with Gasteiger partial charge in [0.2, 0.25) is 5.91 Å². The van der Waals surface area contributed by atoms with Crippen molar-refractivity contribution in [2.24, 2.45) is 0 Å². The van der Waals surface area contributed by atoms with Crippen LogP contribution in [0.25, 0.3) is 0 Å². The number of hydrogen-bond donors (Lipinski definition) is 0. The molecule has 1 heterocycles. The van der Waals surface area contributed by atoms with E-state index in [0.29, 0.717) is 0 Å². The molecule has 14 heavy (non-hydrogen) atoms. The molecule has 3 heteroatoms. The number of nitrogens with zero attached hydrogens (tertiary/aromatic N) is 1. The molecule has 0 bridgehead atoms. The Morgan fingerprint density at radius 2 is 2.14 bits per heavy atom. The van der Waals surface area contributed by atoms with Gasteiger partial charge in [0.15, 0.2) is 0 Å². The average molecular weight is 207 g/mol. The van der Waals surface area contributed by atoms with Crippen LogP contribution in [-0.4, -0.2) is 18.2 Å². The van der Waals surface area contributed by atoms with Gasteiger partial charge in [-0.25, -0.2) is 0 Å². The molecule has 2 nitrogen and oxygen atoms in total. The highest BCUT2D eigenvalue weighted by atomic mass is 32.2. The van der Waals surface area contributed by atoms with E-state index in [2.05, 4.69) is 13.0 Å². The number of hydrogen-bond acceptors (Lipinski definition) is 2. The Morgan fingerprint density at radius 1 is 1.43 bits per heavy atom. The second kappa shape index (κ2) is 3.65. The third-order valence-electron chi connectivity index (χ3n) is 2.47. The van der Waals surface area contributed by atoms with Crippen LogP contribution in [0.1, 0.15) is 13.3 Å². The molecule has 0 aliphatic carbocycles. The molecule has 1 aliphatic rings. The van der Waals surface area contributed by atoms with Crippen molar-refractivity contribution in [2.45, 2.75) is 23.5 Å². The van der Waals surface area contributed by atoms with Crippen LogP contribution in [0.5, 0.6) is 0 Å². The van der Waals surface area contributed by atoms with Crippen LogP contribution in [0.15, 0.2) is 29.2 Å². The third kappa shape index (κ3) is 1.42. The Morgan fingerprint density at radius 3 is 2.86 bits per heavy atom. The molecule has 74 valence electrons. The van der Waals surface area contributed by atoms with Gasteiger partial charge in [0.05, 0.1) is 10.9 Å². The molecule has 0 aromatic heterocycles. The van der Waals surface area contributed by atoms with Crippen LogP contribution in [-0.2, 0) is 4.79 Å². The largest absolute Gasteiger partial charge is 0.313 e. The van der Waals surface area contributed by atoms with Gasteiger partial charge in [-0.2, -0.15) is 0 Å². The fourth-order valence-corrected chi connectivity index (χ4v) is 2.85. The summed E-state index contributed by atoms with van der Waals surface area (Å²) in [6, 6.07) is 8.05. The molecule has 1 amide bonds. The van der Waals surface area contributed by atoms with Crippen LogP contribution in [0.4, 0.5) is 5.69 Å². The van der Waals surface area contributed by atoms with Gasteiger partial charge in [-0.05, 0) is 18.6 Å². The minimum absolute atomic E-state index is 0.0925. The summed E-state index contributed by atoms with van der Waals surface area (Å²) in [7, 11) is 1.85. The number of anilines is 1. The maximum atomic E-state index is 11.8. The molecule has 2 rings (SSSR count). The highest BCUT2D eigenvalue weighted by Gasteiger charge is 2.29. The molecule has 0 saturated heterocycles. The van der Waals surface area contributed by atoms with E-state index in [9.17, 15) is 4.79 Å². The summed E-state index contributed by atoms with van der Waals surface area (Å²) >= 11 is 1.68. The summed E-state index contributed by atoms with van der Waals surface area (Å²) in [5.74, 6) is 0.219. The number of thioether (sulfide) groups is 1. The predicted molar refractivity (Wildman–Crippen MR) is 59.8 cm³/mol. The number of para-hydroxylation sites is 1. The van der Waals surface area contributed by atoms with Gasteiger partial charge >= 0.3 is 0 Å². The molecule has 0 fully saturated rings. The van der Waals surface area contributed by atoms with Crippen molar-refractivity contribution >= 4 is 23.4 Å². The number of fused-ring (bicyclic) bond motifs is 1. The lowest BCUT2D eigenvalue weighted by molar-refractivity contribution is -0.118. The fraction of sp³-hybridized carbons (Fsp3) is 0.364. The lowest BCUT2D eigenvalue weighted by atomic mass is 10.2. The summed E-state index contributed by atoms with van der Waals surface area (Å²) < 4.78 is 0. The number of amides is 1. The zero-order chi connectivity index (χ0) is 10.1. The summed E-state index contributed by atoms with van der Waals surface area (Å²) in [5, 5.41) is 0.0925. The lowest BCUT2D eigenvalue weighted by Gasteiger charge is -2.30. The van der Waals surface area contributed by atoms with Gasteiger partial charge in [0, 0.05) is 11.9 Å². The number of carbonyl (C=O) groups is 1. The quantitative estimate of drug-likeness (QED) is 0.705. The molecule has 1 unspecified atom stereocenters. The highest BCUT2D eigenvalue weighted by molar-refractivity contribution is 8.01. The van der Waals surface area contributed by atoms with E-state index in [4.69, 9.17) is 0 Å². The Bertz CT molecular complexity index is 364. The normalized spacial score (nSPS) is 20.9. The first-order valence-electron chi connectivity index (χ1n) is 4.77.